The summed E-state index contributed by atoms with van der Waals surface area (Å²) < 4.78 is 51.8. The summed E-state index contributed by atoms with van der Waals surface area (Å²) in [5.74, 6) is -2.26. The molecule has 14 heavy (non-hydrogen) atoms. The zero-order chi connectivity index (χ0) is 10.9. The van der Waals surface area contributed by atoms with Crippen molar-refractivity contribution in [1.82, 2.24) is 4.98 Å². The lowest BCUT2D eigenvalue weighted by atomic mass is 10.4. The zero-order valence-corrected chi connectivity index (χ0v) is 9.94. The second-order valence-corrected chi connectivity index (χ2v) is 4.04. The molecule has 0 spiro atoms. The third-order valence-electron chi connectivity index (χ3n) is 1.11. The Balaban J connectivity index is 3.13. The highest BCUT2D eigenvalue weighted by Gasteiger charge is 2.34. The molecule has 1 aromatic rings. The Morgan fingerprint density at radius 3 is 2.50 bits per heavy atom. The van der Waals surface area contributed by atoms with E-state index in [-0.39, 0.29) is 4.47 Å². The monoisotopic (exact) mass is 385 g/mol. The molecule has 0 aliphatic carbocycles. The van der Waals surface area contributed by atoms with E-state index in [4.69, 9.17) is 0 Å². The first-order valence-electron chi connectivity index (χ1n) is 3.06. The van der Waals surface area contributed by atoms with Crippen molar-refractivity contribution in [2.24, 2.45) is 0 Å². The van der Waals surface area contributed by atoms with Gasteiger partial charge in [-0.3, -0.25) is 0 Å². The van der Waals surface area contributed by atoms with Crippen LogP contribution in [0.15, 0.2) is 10.7 Å². The summed E-state index contributed by atoms with van der Waals surface area (Å²) in [4.78, 5) is 3.09. The van der Waals surface area contributed by atoms with Gasteiger partial charge in [0, 0.05) is 9.77 Å². The average molecular weight is 386 g/mol. The number of hydrogen-bond donors (Lipinski definition) is 0. The number of aromatic nitrogens is 1. The molecule has 0 aromatic carbocycles. The van der Waals surface area contributed by atoms with Crippen LogP contribution in [0.25, 0.3) is 0 Å². The van der Waals surface area contributed by atoms with Crippen LogP contribution in [0.1, 0.15) is 0 Å². The van der Waals surface area contributed by atoms with E-state index in [0.29, 0.717) is 3.57 Å². The van der Waals surface area contributed by atoms with Crippen LogP contribution in [-0.2, 0) is 0 Å². The van der Waals surface area contributed by atoms with Crippen LogP contribution in [-0.4, -0.2) is 11.3 Å². The van der Waals surface area contributed by atoms with Crippen LogP contribution in [0.4, 0.5) is 17.6 Å². The van der Waals surface area contributed by atoms with E-state index in [1.54, 1.807) is 22.6 Å². The van der Waals surface area contributed by atoms with Gasteiger partial charge in [0.15, 0.2) is 5.75 Å². The molecule has 0 amide bonds. The normalized spacial score (nSPS) is 11.6. The van der Waals surface area contributed by atoms with Crippen molar-refractivity contribution in [3.05, 3.63) is 20.2 Å². The quantitative estimate of drug-likeness (QED) is 0.419. The molecule has 0 N–H and O–H groups in total. The lowest BCUT2D eigenvalue weighted by Crippen LogP contribution is -2.18. The molecule has 2 nitrogen and oxygen atoms in total. The fraction of sp³-hybridized carbons (Fsp3) is 0.167. The van der Waals surface area contributed by atoms with Crippen molar-refractivity contribution >= 4 is 38.5 Å². The third-order valence-corrected chi connectivity index (χ3v) is 3.45. The van der Waals surface area contributed by atoms with E-state index in [1.165, 1.54) is 0 Å². The Kier molecular flexibility index (Phi) is 3.56. The van der Waals surface area contributed by atoms with Crippen molar-refractivity contribution in [1.29, 1.82) is 0 Å². The average Bonchev–Trinajstić information content (AvgIpc) is 2.04. The minimum absolute atomic E-state index is 0.108. The highest BCUT2D eigenvalue weighted by molar-refractivity contribution is 14.1. The van der Waals surface area contributed by atoms with Gasteiger partial charge in [-0.25, -0.2) is 4.98 Å². The lowest BCUT2D eigenvalue weighted by Gasteiger charge is -2.11. The Hall–Kier alpha value is -0.120. The smallest absolute Gasteiger partial charge is 0.400 e. The van der Waals surface area contributed by atoms with Gasteiger partial charge in [-0.05, 0) is 38.5 Å². The second kappa shape index (κ2) is 4.17. The number of halogens is 6. The van der Waals surface area contributed by atoms with Crippen LogP contribution in [0.5, 0.6) is 5.75 Å². The minimum atomic E-state index is -4.94. The van der Waals surface area contributed by atoms with Gasteiger partial charge in [0.2, 0.25) is 0 Å². The molecule has 1 rings (SSSR count). The molecule has 78 valence electrons. The maximum atomic E-state index is 12.8. The van der Waals surface area contributed by atoms with Crippen molar-refractivity contribution in [2.75, 3.05) is 0 Å². The highest BCUT2D eigenvalue weighted by atomic mass is 127. The molecule has 0 aliphatic rings. The summed E-state index contributed by atoms with van der Waals surface area (Å²) >= 11 is 4.47. The second-order valence-electron chi connectivity index (χ2n) is 2.09. The Bertz CT molecular complexity index is 356. The largest absolute Gasteiger partial charge is 0.573 e. The van der Waals surface area contributed by atoms with Gasteiger partial charge in [0.25, 0.3) is 5.95 Å². The van der Waals surface area contributed by atoms with Gasteiger partial charge < -0.3 is 4.74 Å². The SMILES string of the molecule is Fc1ncc(I)c(Br)c1OC(F)(F)F. The van der Waals surface area contributed by atoms with Crippen LogP contribution in [0, 0.1) is 9.52 Å². The van der Waals surface area contributed by atoms with Gasteiger partial charge in [-0.15, -0.1) is 13.2 Å². The number of nitrogens with zero attached hydrogens (tertiary/aromatic N) is 1. The molecule has 0 fully saturated rings. The topological polar surface area (TPSA) is 22.1 Å². The fourth-order valence-corrected chi connectivity index (χ4v) is 1.36. The molecule has 0 bridgehead atoms. The van der Waals surface area contributed by atoms with Crippen molar-refractivity contribution in [3.63, 3.8) is 0 Å². The van der Waals surface area contributed by atoms with Crippen LogP contribution < -0.4 is 4.74 Å². The first-order valence-corrected chi connectivity index (χ1v) is 4.93. The van der Waals surface area contributed by atoms with E-state index in [9.17, 15) is 17.6 Å². The van der Waals surface area contributed by atoms with Gasteiger partial charge in [-0.1, -0.05) is 0 Å². The van der Waals surface area contributed by atoms with Gasteiger partial charge in [-0.2, -0.15) is 4.39 Å². The molecule has 8 heteroatoms. The minimum Gasteiger partial charge on any atom is -0.400 e. The first kappa shape index (κ1) is 12.0. The molecule has 0 aliphatic heterocycles. The Morgan fingerprint density at radius 1 is 1.43 bits per heavy atom. The van der Waals surface area contributed by atoms with E-state index < -0.39 is 18.1 Å². The Labute approximate surface area is 97.9 Å². The Morgan fingerprint density at radius 2 is 2.00 bits per heavy atom. The molecule has 0 saturated carbocycles. The molecule has 0 radical (unpaired) electrons. The summed E-state index contributed by atoms with van der Waals surface area (Å²) in [7, 11) is 0. The summed E-state index contributed by atoms with van der Waals surface area (Å²) in [6.07, 6.45) is -3.85. The lowest BCUT2D eigenvalue weighted by molar-refractivity contribution is -0.276. The predicted molar refractivity (Wildman–Crippen MR) is 51.3 cm³/mol. The van der Waals surface area contributed by atoms with E-state index in [0.717, 1.165) is 6.20 Å². The summed E-state index contributed by atoms with van der Waals surface area (Å²) in [6.45, 7) is 0. The van der Waals surface area contributed by atoms with Crippen LogP contribution in [0.2, 0.25) is 0 Å². The molecular formula is C6HBrF4INO. The fourth-order valence-electron chi connectivity index (χ4n) is 0.630. The molecule has 1 aromatic heterocycles. The summed E-state index contributed by atoms with van der Waals surface area (Å²) in [5.41, 5.74) is 0. The number of hydrogen-bond acceptors (Lipinski definition) is 2. The van der Waals surface area contributed by atoms with E-state index in [2.05, 4.69) is 25.7 Å². The van der Waals surface area contributed by atoms with Gasteiger partial charge in [0.05, 0.1) is 4.47 Å². The van der Waals surface area contributed by atoms with Crippen LogP contribution in [0.3, 0.4) is 0 Å². The number of ether oxygens (including phenoxy) is 1. The van der Waals surface area contributed by atoms with Crippen LogP contribution >= 0.6 is 38.5 Å². The molecule has 0 saturated heterocycles. The summed E-state index contributed by atoms with van der Waals surface area (Å²) in [6, 6.07) is 0. The van der Waals surface area contributed by atoms with E-state index >= 15 is 0 Å². The number of pyridine rings is 1. The molecule has 1 heterocycles. The maximum Gasteiger partial charge on any atom is 0.573 e. The van der Waals surface area contributed by atoms with Crippen molar-refractivity contribution < 1.29 is 22.3 Å². The standard InChI is InChI=1S/C6HBrF4INO/c7-3-2(12)1-13-5(8)4(3)14-6(9,10)11/h1H. The third kappa shape index (κ3) is 2.94. The van der Waals surface area contributed by atoms with Gasteiger partial charge >= 0.3 is 6.36 Å². The summed E-state index contributed by atoms with van der Waals surface area (Å²) in [5, 5.41) is 0. The van der Waals surface area contributed by atoms with Crippen molar-refractivity contribution in [3.8, 4) is 5.75 Å². The first-order chi connectivity index (χ1) is 6.31. The maximum absolute atomic E-state index is 12.8. The zero-order valence-electron chi connectivity index (χ0n) is 6.20. The van der Waals surface area contributed by atoms with Gasteiger partial charge in [0.1, 0.15) is 0 Å². The predicted octanol–water partition coefficient (Wildman–Crippen LogP) is 3.49. The molecular weight excluding hydrogens is 385 g/mol. The van der Waals surface area contributed by atoms with Crippen molar-refractivity contribution in [2.45, 2.75) is 6.36 Å². The molecule has 0 unspecified atom stereocenters. The number of alkyl halides is 3. The molecule has 0 atom stereocenters. The highest BCUT2D eigenvalue weighted by Crippen LogP contribution is 2.34. The number of rotatable bonds is 1. The van der Waals surface area contributed by atoms with E-state index in [1.807, 2.05) is 0 Å².